The van der Waals surface area contributed by atoms with Crippen LogP contribution < -0.4 is 0 Å². The highest BCUT2D eigenvalue weighted by molar-refractivity contribution is 7.89. The number of hydrogen-bond donors (Lipinski definition) is 0. The Morgan fingerprint density at radius 3 is 2.85 bits per heavy atom. The zero-order chi connectivity index (χ0) is 18.6. The maximum Gasteiger partial charge on any atom is 0.260 e. The first-order chi connectivity index (χ1) is 13.0. The van der Waals surface area contributed by atoms with E-state index >= 15 is 0 Å². The lowest BCUT2D eigenvalue weighted by molar-refractivity contribution is 0.317. The second-order valence-electron chi connectivity index (χ2n) is 6.80. The summed E-state index contributed by atoms with van der Waals surface area (Å²) in [5, 5.41) is 6.31. The van der Waals surface area contributed by atoms with Crippen molar-refractivity contribution in [1.82, 2.24) is 28.3 Å². The molecule has 4 aromatic rings. The second-order valence-corrected chi connectivity index (χ2v) is 9.56. The Balaban J connectivity index is 1.39. The van der Waals surface area contributed by atoms with Crippen molar-refractivity contribution in [2.45, 2.75) is 30.7 Å². The van der Waals surface area contributed by atoms with E-state index in [1.165, 1.54) is 28.7 Å². The predicted octanol–water partition coefficient (Wildman–Crippen LogP) is 2.32. The average Bonchev–Trinajstić information content (AvgIpc) is 3.37. The monoisotopic (exact) mass is 402 g/mol. The minimum absolute atomic E-state index is 0.248. The summed E-state index contributed by atoms with van der Waals surface area (Å²) in [7, 11) is -3.54. The van der Waals surface area contributed by atoms with Crippen LogP contribution in [0.4, 0.5) is 0 Å². The Kier molecular flexibility index (Phi) is 3.81. The summed E-state index contributed by atoms with van der Waals surface area (Å²) in [5.41, 5.74) is 3.22. The van der Waals surface area contributed by atoms with Gasteiger partial charge in [0.2, 0.25) is 0 Å². The van der Waals surface area contributed by atoms with Crippen molar-refractivity contribution < 1.29 is 8.42 Å². The van der Waals surface area contributed by atoms with E-state index in [1.807, 2.05) is 17.6 Å². The van der Waals surface area contributed by atoms with Crippen LogP contribution in [0.15, 0.2) is 41.4 Å². The molecule has 27 heavy (non-hydrogen) atoms. The van der Waals surface area contributed by atoms with Crippen molar-refractivity contribution in [1.29, 1.82) is 0 Å². The first kappa shape index (κ1) is 16.8. The first-order valence-electron chi connectivity index (χ1n) is 8.74. The van der Waals surface area contributed by atoms with Crippen molar-refractivity contribution in [3.05, 3.63) is 47.5 Å². The molecule has 1 fully saturated rings. The lowest BCUT2D eigenvalue weighted by atomic mass is 9.89. The van der Waals surface area contributed by atoms with Gasteiger partial charge in [-0.1, -0.05) is 0 Å². The number of thiazole rings is 1. The zero-order valence-electron chi connectivity index (χ0n) is 14.7. The molecule has 5 rings (SSSR count). The molecule has 0 aliphatic carbocycles. The van der Waals surface area contributed by atoms with Gasteiger partial charge in [-0.2, -0.15) is 9.40 Å². The molecule has 0 bridgehead atoms. The molecular formula is C17H18N6O2S2. The summed E-state index contributed by atoms with van der Waals surface area (Å²) >= 11 is 1.43. The molecule has 0 unspecified atom stereocenters. The molecule has 0 radical (unpaired) electrons. The van der Waals surface area contributed by atoms with Gasteiger partial charge in [-0.25, -0.2) is 22.9 Å². The molecule has 0 spiro atoms. The molecule has 4 aromatic heterocycles. The Labute approximate surface area is 160 Å². The lowest BCUT2D eigenvalue weighted by Crippen LogP contribution is -2.38. The molecule has 0 saturated carbocycles. The van der Waals surface area contributed by atoms with Crippen LogP contribution in [0.3, 0.4) is 0 Å². The summed E-state index contributed by atoms with van der Waals surface area (Å²) in [5.74, 6) is 0.316. The fourth-order valence-electron chi connectivity index (χ4n) is 3.84. The topological polar surface area (TPSA) is 84.9 Å². The smallest absolute Gasteiger partial charge is 0.260 e. The van der Waals surface area contributed by atoms with Crippen LogP contribution in [0, 0.1) is 6.92 Å². The number of fused-ring (bicyclic) bond motifs is 2. The van der Waals surface area contributed by atoms with Gasteiger partial charge in [-0.3, -0.25) is 4.40 Å². The summed E-state index contributed by atoms with van der Waals surface area (Å²) in [6.07, 6.45) is 8.35. The van der Waals surface area contributed by atoms with Gasteiger partial charge >= 0.3 is 0 Å². The van der Waals surface area contributed by atoms with Crippen molar-refractivity contribution in [2.24, 2.45) is 0 Å². The number of nitrogens with zero attached hydrogens (tertiary/aromatic N) is 6. The molecule has 10 heteroatoms. The largest absolute Gasteiger partial charge is 0.280 e. The van der Waals surface area contributed by atoms with Crippen LogP contribution in [-0.2, 0) is 10.0 Å². The molecule has 1 aliphatic rings. The number of aromatic nitrogens is 5. The van der Waals surface area contributed by atoms with Gasteiger partial charge in [0.1, 0.15) is 6.33 Å². The maximum atomic E-state index is 13.1. The number of pyridine rings is 1. The number of rotatable bonds is 3. The second kappa shape index (κ2) is 6.11. The van der Waals surface area contributed by atoms with Gasteiger partial charge in [0, 0.05) is 30.9 Å². The van der Waals surface area contributed by atoms with Gasteiger partial charge in [-0.15, -0.1) is 11.3 Å². The van der Waals surface area contributed by atoms with Crippen LogP contribution in [0.2, 0.25) is 0 Å². The fraction of sp³-hybridized carbons (Fsp3) is 0.353. The molecule has 0 amide bonds. The number of hydrogen-bond acceptors (Lipinski definition) is 6. The van der Waals surface area contributed by atoms with E-state index < -0.39 is 10.0 Å². The molecule has 1 saturated heterocycles. The Morgan fingerprint density at radius 2 is 2.04 bits per heavy atom. The molecule has 0 aromatic carbocycles. The lowest BCUT2D eigenvalue weighted by Gasteiger charge is -2.31. The third kappa shape index (κ3) is 2.67. The maximum absolute atomic E-state index is 13.1. The first-order valence-corrected chi connectivity index (χ1v) is 11.1. The van der Waals surface area contributed by atoms with E-state index in [0.29, 0.717) is 24.0 Å². The van der Waals surface area contributed by atoms with Crippen molar-refractivity contribution in [3.63, 3.8) is 0 Å². The van der Waals surface area contributed by atoms with Gasteiger partial charge < -0.3 is 0 Å². The average molecular weight is 403 g/mol. The molecular weight excluding hydrogens is 384 g/mol. The van der Waals surface area contributed by atoms with E-state index in [4.69, 9.17) is 0 Å². The quantitative estimate of drug-likeness (QED) is 0.525. The highest BCUT2D eigenvalue weighted by atomic mass is 32.2. The number of sulfonamides is 1. The standard InChI is InChI=1S/C17H18N6O2S2/c1-12-8-15-19-11-20-23(15)10-14(12)13-2-4-21(5-3-13)27(24,25)16-9-18-17-22(16)6-7-26-17/h6-11,13H,2-5H2,1H3. The summed E-state index contributed by atoms with van der Waals surface area (Å²) in [4.78, 5) is 9.11. The molecule has 140 valence electrons. The van der Waals surface area contributed by atoms with E-state index in [9.17, 15) is 8.42 Å². The molecule has 0 N–H and O–H groups in total. The third-order valence-electron chi connectivity index (χ3n) is 5.27. The number of imidazole rings is 1. The van der Waals surface area contributed by atoms with E-state index in [1.54, 1.807) is 25.7 Å². The van der Waals surface area contributed by atoms with E-state index in [2.05, 4.69) is 22.0 Å². The van der Waals surface area contributed by atoms with Crippen LogP contribution >= 0.6 is 11.3 Å². The van der Waals surface area contributed by atoms with Gasteiger partial charge in [-0.05, 0) is 42.9 Å². The molecule has 1 aliphatic heterocycles. The van der Waals surface area contributed by atoms with Crippen LogP contribution in [0.1, 0.15) is 29.9 Å². The number of piperidine rings is 1. The molecule has 0 atom stereocenters. The van der Waals surface area contributed by atoms with Gasteiger partial charge in [0.25, 0.3) is 10.0 Å². The Bertz CT molecular complexity index is 1230. The predicted molar refractivity (Wildman–Crippen MR) is 102 cm³/mol. The highest BCUT2D eigenvalue weighted by Gasteiger charge is 2.32. The highest BCUT2D eigenvalue weighted by Crippen LogP contribution is 2.33. The van der Waals surface area contributed by atoms with Crippen LogP contribution in [-0.4, -0.2) is 49.8 Å². The van der Waals surface area contributed by atoms with Crippen LogP contribution in [0.5, 0.6) is 0 Å². The molecule has 8 nitrogen and oxygen atoms in total. The molecule has 5 heterocycles. The minimum atomic E-state index is -3.54. The minimum Gasteiger partial charge on any atom is -0.280 e. The van der Waals surface area contributed by atoms with Gasteiger partial charge in [0.05, 0.1) is 6.20 Å². The SMILES string of the molecule is Cc1cc2ncnn2cc1C1CCN(S(=O)(=O)c2cnc3sccn23)CC1. The Hall–Kier alpha value is -2.30. The summed E-state index contributed by atoms with van der Waals surface area (Å²) < 4.78 is 31.1. The van der Waals surface area contributed by atoms with E-state index in [-0.39, 0.29) is 5.03 Å². The van der Waals surface area contributed by atoms with Crippen molar-refractivity contribution in [2.75, 3.05) is 13.1 Å². The van der Waals surface area contributed by atoms with Crippen molar-refractivity contribution in [3.8, 4) is 0 Å². The fourth-order valence-corrected chi connectivity index (χ4v) is 6.12. The number of aryl methyl sites for hydroxylation is 1. The van der Waals surface area contributed by atoms with Crippen molar-refractivity contribution >= 4 is 32.0 Å². The van der Waals surface area contributed by atoms with Gasteiger partial charge in [0.15, 0.2) is 15.6 Å². The van der Waals surface area contributed by atoms with E-state index in [0.717, 1.165) is 18.5 Å². The van der Waals surface area contributed by atoms with Crippen LogP contribution in [0.25, 0.3) is 10.6 Å². The zero-order valence-corrected chi connectivity index (χ0v) is 16.3. The Morgan fingerprint density at radius 1 is 1.22 bits per heavy atom. The summed E-state index contributed by atoms with van der Waals surface area (Å²) in [6, 6.07) is 2.03. The normalized spacial score (nSPS) is 17.2. The third-order valence-corrected chi connectivity index (χ3v) is 7.92. The summed E-state index contributed by atoms with van der Waals surface area (Å²) in [6.45, 7) is 3.07.